The molecule has 0 aromatic rings. The summed E-state index contributed by atoms with van der Waals surface area (Å²) >= 11 is 0. The van der Waals surface area contributed by atoms with Gasteiger partial charge in [-0.25, -0.2) is 0 Å². The van der Waals surface area contributed by atoms with Crippen molar-refractivity contribution >= 4 is 22.5 Å². The number of hydrogen-bond acceptors (Lipinski definition) is 4. The van der Waals surface area contributed by atoms with Gasteiger partial charge in [-0.15, -0.1) is 0 Å². The standard InChI is InChI=1S/C14H23NO3S/c1-9-8-19(17)14(6,7)11(15-9)10(2)18-12(16)13(3,4)5/h8,10H,1-7H3. The highest BCUT2D eigenvalue weighted by atomic mass is 32.2. The Labute approximate surface area is 117 Å². The molecule has 1 aliphatic heterocycles. The van der Waals surface area contributed by atoms with Crippen molar-refractivity contribution in [3.63, 3.8) is 0 Å². The van der Waals surface area contributed by atoms with Gasteiger partial charge in [-0.3, -0.25) is 14.0 Å². The molecule has 1 heterocycles. The Balaban J connectivity index is 2.99. The van der Waals surface area contributed by atoms with Crippen LogP contribution in [0.3, 0.4) is 0 Å². The van der Waals surface area contributed by atoms with Crippen LogP contribution in [0.15, 0.2) is 16.1 Å². The molecule has 0 aliphatic carbocycles. The Morgan fingerprint density at radius 3 is 2.42 bits per heavy atom. The minimum absolute atomic E-state index is 0.281. The van der Waals surface area contributed by atoms with Gasteiger partial charge in [-0.2, -0.15) is 0 Å². The van der Waals surface area contributed by atoms with Crippen LogP contribution in [0.25, 0.3) is 0 Å². The number of ether oxygens (including phenoxy) is 1. The molecule has 4 nitrogen and oxygen atoms in total. The molecular formula is C14H23NO3S. The summed E-state index contributed by atoms with van der Waals surface area (Å²) in [5.41, 5.74) is 0.798. The fraction of sp³-hybridized carbons (Fsp3) is 0.714. The Bertz CT molecular complexity index is 470. The zero-order chi connectivity index (χ0) is 15.0. The zero-order valence-electron chi connectivity index (χ0n) is 12.7. The quantitative estimate of drug-likeness (QED) is 0.733. The van der Waals surface area contributed by atoms with Gasteiger partial charge in [0.05, 0.1) is 26.7 Å². The molecule has 0 radical (unpaired) electrons. The van der Waals surface area contributed by atoms with Crippen molar-refractivity contribution in [3.8, 4) is 0 Å². The second-order valence-corrected chi connectivity index (χ2v) is 8.21. The van der Waals surface area contributed by atoms with Crippen molar-refractivity contribution in [1.29, 1.82) is 0 Å². The lowest BCUT2D eigenvalue weighted by atomic mass is 9.96. The van der Waals surface area contributed by atoms with E-state index >= 15 is 0 Å². The normalized spacial score (nSPS) is 24.3. The predicted molar refractivity (Wildman–Crippen MR) is 78.4 cm³/mol. The van der Waals surface area contributed by atoms with Crippen LogP contribution in [-0.2, 0) is 20.3 Å². The van der Waals surface area contributed by atoms with Crippen molar-refractivity contribution in [1.82, 2.24) is 0 Å². The van der Waals surface area contributed by atoms with Gasteiger partial charge in [-0.1, -0.05) is 0 Å². The molecule has 0 bridgehead atoms. The molecular weight excluding hydrogens is 262 g/mol. The highest BCUT2D eigenvalue weighted by molar-refractivity contribution is 7.90. The fourth-order valence-electron chi connectivity index (χ4n) is 1.73. The van der Waals surface area contributed by atoms with Crippen LogP contribution in [0, 0.1) is 5.41 Å². The summed E-state index contributed by atoms with van der Waals surface area (Å²) in [6.45, 7) is 12.7. The lowest BCUT2D eigenvalue weighted by molar-refractivity contribution is -0.154. The first-order chi connectivity index (χ1) is 8.46. The van der Waals surface area contributed by atoms with Gasteiger partial charge >= 0.3 is 5.97 Å². The van der Waals surface area contributed by atoms with E-state index in [2.05, 4.69) is 4.99 Å². The Kier molecular flexibility index (Phi) is 4.40. The maximum Gasteiger partial charge on any atom is 0.311 e. The molecule has 0 N–H and O–H groups in total. The summed E-state index contributed by atoms with van der Waals surface area (Å²) in [6.07, 6.45) is -0.477. The Morgan fingerprint density at radius 2 is 1.95 bits per heavy atom. The number of nitrogens with zero attached hydrogens (tertiary/aromatic N) is 1. The highest BCUT2D eigenvalue weighted by Gasteiger charge is 2.39. The third-order valence-corrected chi connectivity index (χ3v) is 4.75. The summed E-state index contributed by atoms with van der Waals surface area (Å²) in [5.74, 6) is -0.281. The van der Waals surface area contributed by atoms with Gasteiger partial charge < -0.3 is 4.74 Å². The molecule has 0 fully saturated rings. The minimum Gasteiger partial charge on any atom is -0.456 e. The molecule has 2 atom stereocenters. The van der Waals surface area contributed by atoms with Crippen LogP contribution >= 0.6 is 0 Å². The van der Waals surface area contributed by atoms with Crippen LogP contribution in [0.4, 0.5) is 0 Å². The van der Waals surface area contributed by atoms with Crippen molar-refractivity contribution in [2.75, 3.05) is 0 Å². The van der Waals surface area contributed by atoms with Crippen LogP contribution in [0.5, 0.6) is 0 Å². The molecule has 1 aliphatic rings. The molecule has 108 valence electrons. The lowest BCUT2D eigenvalue weighted by Gasteiger charge is -2.32. The van der Waals surface area contributed by atoms with Crippen LogP contribution in [0.1, 0.15) is 48.5 Å². The van der Waals surface area contributed by atoms with E-state index in [1.54, 1.807) is 40.0 Å². The third-order valence-electron chi connectivity index (χ3n) is 2.98. The smallest absolute Gasteiger partial charge is 0.311 e. The van der Waals surface area contributed by atoms with E-state index in [9.17, 15) is 9.00 Å². The summed E-state index contributed by atoms with van der Waals surface area (Å²) < 4.78 is 17.0. The van der Waals surface area contributed by atoms with E-state index in [4.69, 9.17) is 4.74 Å². The average Bonchev–Trinajstić information content (AvgIpc) is 2.22. The minimum atomic E-state index is -1.15. The maximum absolute atomic E-state index is 12.1. The first-order valence-corrected chi connectivity index (χ1v) is 7.57. The van der Waals surface area contributed by atoms with Crippen LogP contribution in [-0.4, -0.2) is 26.7 Å². The molecule has 5 heteroatoms. The van der Waals surface area contributed by atoms with Gasteiger partial charge in [-0.05, 0) is 48.5 Å². The number of carbonyl (C=O) groups excluding carboxylic acids is 1. The number of carbonyl (C=O) groups is 1. The van der Waals surface area contributed by atoms with Crippen molar-refractivity contribution in [3.05, 3.63) is 11.1 Å². The summed E-state index contributed by atoms with van der Waals surface area (Å²) in [6, 6.07) is 0. The van der Waals surface area contributed by atoms with Crippen molar-refractivity contribution < 1.29 is 13.7 Å². The van der Waals surface area contributed by atoms with Gasteiger partial charge in [0.15, 0.2) is 0 Å². The number of esters is 1. The Morgan fingerprint density at radius 1 is 1.42 bits per heavy atom. The fourth-order valence-corrected chi connectivity index (χ4v) is 2.80. The number of allylic oxidation sites excluding steroid dienone is 1. The number of aliphatic imine (C=N–C) groups is 1. The SMILES string of the molecule is CC1=CS(=O)C(C)(C)C(C(C)OC(=O)C(C)(C)C)=N1. The van der Waals surface area contributed by atoms with Gasteiger partial charge in [0.2, 0.25) is 0 Å². The molecule has 2 unspecified atom stereocenters. The molecule has 0 aromatic heterocycles. The monoisotopic (exact) mass is 285 g/mol. The molecule has 19 heavy (non-hydrogen) atoms. The van der Waals surface area contributed by atoms with Crippen LogP contribution < -0.4 is 0 Å². The number of rotatable bonds is 2. The second-order valence-electron chi connectivity index (χ2n) is 6.36. The van der Waals surface area contributed by atoms with Gasteiger partial charge in [0.1, 0.15) is 6.10 Å². The predicted octanol–water partition coefficient (Wildman–Crippen LogP) is 2.81. The summed E-state index contributed by atoms with van der Waals surface area (Å²) in [7, 11) is -1.15. The third kappa shape index (κ3) is 3.53. The molecule has 0 saturated heterocycles. The maximum atomic E-state index is 12.1. The van der Waals surface area contributed by atoms with E-state index in [-0.39, 0.29) is 5.97 Å². The molecule has 0 amide bonds. The van der Waals surface area contributed by atoms with E-state index < -0.39 is 27.1 Å². The van der Waals surface area contributed by atoms with E-state index in [1.807, 2.05) is 13.8 Å². The van der Waals surface area contributed by atoms with E-state index in [1.165, 1.54) is 0 Å². The van der Waals surface area contributed by atoms with Gasteiger partial charge in [0, 0.05) is 11.1 Å². The first kappa shape index (κ1) is 16.1. The summed E-state index contributed by atoms with van der Waals surface area (Å²) in [5, 5.41) is 1.64. The number of hydrogen-bond donors (Lipinski definition) is 0. The zero-order valence-corrected chi connectivity index (χ0v) is 13.6. The second kappa shape index (κ2) is 5.19. The summed E-state index contributed by atoms with van der Waals surface area (Å²) in [4.78, 5) is 16.4. The average molecular weight is 285 g/mol. The van der Waals surface area contributed by atoms with E-state index in [0.717, 1.165) is 0 Å². The topological polar surface area (TPSA) is 55.7 Å². The first-order valence-electron chi connectivity index (χ1n) is 6.35. The molecule has 0 saturated carbocycles. The van der Waals surface area contributed by atoms with Gasteiger partial charge in [0.25, 0.3) is 0 Å². The van der Waals surface area contributed by atoms with E-state index in [0.29, 0.717) is 11.4 Å². The Hall–Kier alpha value is -0.970. The molecule has 0 spiro atoms. The lowest BCUT2D eigenvalue weighted by Crippen LogP contribution is -2.46. The highest BCUT2D eigenvalue weighted by Crippen LogP contribution is 2.27. The molecule has 1 rings (SSSR count). The molecule has 0 aromatic carbocycles. The van der Waals surface area contributed by atoms with Crippen molar-refractivity contribution in [2.24, 2.45) is 10.4 Å². The van der Waals surface area contributed by atoms with Crippen LogP contribution in [0.2, 0.25) is 0 Å². The largest absolute Gasteiger partial charge is 0.456 e. The van der Waals surface area contributed by atoms with Crippen molar-refractivity contribution in [2.45, 2.75) is 59.3 Å².